The number of benzene rings is 2. The molecular weight excluding hydrogens is 346 g/mol. The Bertz CT molecular complexity index is 695. The number of methoxy groups -OCH3 is 1. The highest BCUT2D eigenvalue weighted by atomic mass is 79.9. The van der Waals surface area contributed by atoms with Gasteiger partial charge in [0.05, 0.1) is 23.2 Å². The van der Waals surface area contributed by atoms with E-state index in [-0.39, 0.29) is 0 Å². The predicted molar refractivity (Wildman–Crippen MR) is 87.6 cm³/mol. The van der Waals surface area contributed by atoms with Crippen molar-refractivity contribution in [3.63, 3.8) is 0 Å². The van der Waals surface area contributed by atoms with Gasteiger partial charge in [-0.3, -0.25) is 0 Å². The first-order valence-electron chi connectivity index (χ1n) is 6.74. The lowest BCUT2D eigenvalue weighted by molar-refractivity contribution is 0.210. The maximum atomic E-state index is 8.95. The largest absolute Gasteiger partial charge is 0.493 e. The summed E-state index contributed by atoms with van der Waals surface area (Å²) in [4.78, 5) is 0. The molecule has 0 atom stereocenters. The molecule has 2 aromatic rings. The SMILES string of the molecule is COc1cc(C#N)cc(Br)c1OCCOc1cccc(C)c1. The molecule has 0 aromatic heterocycles. The molecule has 4 nitrogen and oxygen atoms in total. The van der Waals surface area contributed by atoms with Crippen LogP contribution in [0.5, 0.6) is 17.2 Å². The van der Waals surface area contributed by atoms with E-state index >= 15 is 0 Å². The van der Waals surface area contributed by atoms with E-state index in [9.17, 15) is 0 Å². The molecule has 0 bridgehead atoms. The highest BCUT2D eigenvalue weighted by Crippen LogP contribution is 2.36. The number of nitrogens with zero attached hydrogens (tertiary/aromatic N) is 1. The van der Waals surface area contributed by atoms with Gasteiger partial charge in [0.2, 0.25) is 0 Å². The Balaban J connectivity index is 1.96. The maximum Gasteiger partial charge on any atom is 0.175 e. The Kier molecular flexibility index (Phi) is 5.68. The Morgan fingerprint density at radius 3 is 2.59 bits per heavy atom. The highest BCUT2D eigenvalue weighted by molar-refractivity contribution is 9.10. The van der Waals surface area contributed by atoms with Crippen LogP contribution in [0.15, 0.2) is 40.9 Å². The zero-order valence-corrected chi connectivity index (χ0v) is 14.0. The van der Waals surface area contributed by atoms with E-state index in [1.165, 1.54) is 0 Å². The third-order valence-electron chi connectivity index (χ3n) is 2.95. The monoisotopic (exact) mass is 361 g/mol. The van der Waals surface area contributed by atoms with Crippen molar-refractivity contribution in [2.45, 2.75) is 6.92 Å². The van der Waals surface area contributed by atoms with Crippen LogP contribution in [-0.2, 0) is 0 Å². The third kappa shape index (κ3) is 4.15. The Morgan fingerprint density at radius 2 is 1.91 bits per heavy atom. The van der Waals surface area contributed by atoms with Crippen LogP contribution in [-0.4, -0.2) is 20.3 Å². The summed E-state index contributed by atoms with van der Waals surface area (Å²) in [6, 6.07) is 13.3. The summed E-state index contributed by atoms with van der Waals surface area (Å²) < 4.78 is 17.3. The van der Waals surface area contributed by atoms with Gasteiger partial charge in [0.25, 0.3) is 0 Å². The molecule has 0 aliphatic rings. The Morgan fingerprint density at radius 1 is 1.14 bits per heavy atom. The number of rotatable bonds is 6. The van der Waals surface area contributed by atoms with Crippen LogP contribution in [0.1, 0.15) is 11.1 Å². The third-order valence-corrected chi connectivity index (χ3v) is 3.54. The Labute approximate surface area is 138 Å². The molecule has 22 heavy (non-hydrogen) atoms. The molecule has 0 fully saturated rings. The molecule has 0 aliphatic carbocycles. The van der Waals surface area contributed by atoms with Crippen molar-refractivity contribution in [1.82, 2.24) is 0 Å². The molecular formula is C17H16BrNO3. The first-order chi connectivity index (χ1) is 10.6. The molecule has 2 rings (SSSR count). The normalized spacial score (nSPS) is 9.91. The molecule has 0 unspecified atom stereocenters. The second-order valence-electron chi connectivity index (χ2n) is 4.61. The highest BCUT2D eigenvalue weighted by Gasteiger charge is 2.11. The van der Waals surface area contributed by atoms with Gasteiger partial charge in [-0.25, -0.2) is 0 Å². The van der Waals surface area contributed by atoms with Crippen molar-refractivity contribution in [1.29, 1.82) is 5.26 Å². The lowest BCUT2D eigenvalue weighted by atomic mass is 10.2. The van der Waals surface area contributed by atoms with E-state index in [0.29, 0.717) is 34.7 Å². The average molecular weight is 362 g/mol. The van der Waals surface area contributed by atoms with Gasteiger partial charge < -0.3 is 14.2 Å². The lowest BCUT2D eigenvalue weighted by Crippen LogP contribution is -2.10. The van der Waals surface area contributed by atoms with Crippen LogP contribution in [0.25, 0.3) is 0 Å². The summed E-state index contributed by atoms with van der Waals surface area (Å²) in [7, 11) is 1.54. The number of hydrogen-bond acceptors (Lipinski definition) is 4. The number of ether oxygens (including phenoxy) is 3. The molecule has 0 saturated carbocycles. The van der Waals surface area contributed by atoms with Crippen molar-refractivity contribution in [3.8, 4) is 23.3 Å². The van der Waals surface area contributed by atoms with Crippen LogP contribution in [0.2, 0.25) is 0 Å². The van der Waals surface area contributed by atoms with Gasteiger partial charge in [0, 0.05) is 6.07 Å². The van der Waals surface area contributed by atoms with Gasteiger partial charge in [0.15, 0.2) is 11.5 Å². The molecule has 0 N–H and O–H groups in total. The summed E-state index contributed by atoms with van der Waals surface area (Å²) in [5.41, 5.74) is 1.65. The zero-order valence-electron chi connectivity index (χ0n) is 12.4. The molecule has 114 valence electrons. The second kappa shape index (κ2) is 7.71. The minimum absolute atomic E-state index is 0.370. The minimum Gasteiger partial charge on any atom is -0.493 e. The quantitative estimate of drug-likeness (QED) is 0.727. The molecule has 0 radical (unpaired) electrons. The summed E-state index contributed by atoms with van der Waals surface area (Å²) >= 11 is 3.39. The average Bonchev–Trinajstić information content (AvgIpc) is 2.52. The van der Waals surface area contributed by atoms with Gasteiger partial charge >= 0.3 is 0 Å². The minimum atomic E-state index is 0.370. The van der Waals surface area contributed by atoms with Gasteiger partial charge in [-0.15, -0.1) is 0 Å². The second-order valence-corrected chi connectivity index (χ2v) is 5.47. The van der Waals surface area contributed by atoms with Crippen molar-refractivity contribution < 1.29 is 14.2 Å². The zero-order chi connectivity index (χ0) is 15.9. The standard InChI is InChI=1S/C17H16BrNO3/c1-12-4-3-5-14(8-12)21-6-7-22-17-15(18)9-13(11-19)10-16(17)20-2/h3-5,8-10H,6-7H2,1-2H3. The summed E-state index contributed by atoms with van der Waals surface area (Å²) in [5.74, 6) is 1.89. The molecule has 0 spiro atoms. The number of hydrogen-bond donors (Lipinski definition) is 0. The maximum absolute atomic E-state index is 8.95. The first-order valence-corrected chi connectivity index (χ1v) is 7.53. The van der Waals surface area contributed by atoms with E-state index in [2.05, 4.69) is 22.0 Å². The number of aryl methyl sites for hydroxylation is 1. The van der Waals surface area contributed by atoms with Gasteiger partial charge in [-0.1, -0.05) is 12.1 Å². The summed E-state index contributed by atoms with van der Waals surface area (Å²) in [6.45, 7) is 2.80. The van der Waals surface area contributed by atoms with Crippen LogP contribution in [0.4, 0.5) is 0 Å². The number of halogens is 1. The van der Waals surface area contributed by atoms with E-state index in [0.717, 1.165) is 11.3 Å². The molecule has 2 aromatic carbocycles. The van der Waals surface area contributed by atoms with Gasteiger partial charge in [-0.2, -0.15) is 5.26 Å². The fourth-order valence-corrected chi connectivity index (χ4v) is 2.49. The fourth-order valence-electron chi connectivity index (χ4n) is 1.93. The molecule has 0 amide bonds. The van der Waals surface area contributed by atoms with Gasteiger partial charge in [0.1, 0.15) is 19.0 Å². The molecule has 0 saturated heterocycles. The van der Waals surface area contributed by atoms with Crippen molar-refractivity contribution in [2.24, 2.45) is 0 Å². The van der Waals surface area contributed by atoms with Gasteiger partial charge in [-0.05, 0) is 46.6 Å². The Hall–Kier alpha value is -2.19. The first kappa shape index (κ1) is 16.2. The van der Waals surface area contributed by atoms with E-state index < -0.39 is 0 Å². The van der Waals surface area contributed by atoms with Crippen molar-refractivity contribution >= 4 is 15.9 Å². The smallest absolute Gasteiger partial charge is 0.175 e. The summed E-state index contributed by atoms with van der Waals surface area (Å²) in [6.07, 6.45) is 0. The van der Waals surface area contributed by atoms with Crippen molar-refractivity contribution in [3.05, 3.63) is 52.0 Å². The predicted octanol–water partition coefficient (Wildman–Crippen LogP) is 4.10. The van der Waals surface area contributed by atoms with E-state index in [4.69, 9.17) is 19.5 Å². The van der Waals surface area contributed by atoms with E-state index in [1.54, 1.807) is 19.2 Å². The van der Waals surface area contributed by atoms with Crippen LogP contribution >= 0.6 is 15.9 Å². The lowest BCUT2D eigenvalue weighted by Gasteiger charge is -2.13. The fraction of sp³-hybridized carbons (Fsp3) is 0.235. The number of nitriles is 1. The molecule has 5 heteroatoms. The molecule has 0 heterocycles. The molecule has 0 aliphatic heterocycles. The van der Waals surface area contributed by atoms with Crippen LogP contribution in [0, 0.1) is 18.3 Å². The summed E-state index contributed by atoms with van der Waals surface area (Å²) in [5, 5.41) is 8.95. The topological polar surface area (TPSA) is 51.5 Å². The van der Waals surface area contributed by atoms with Crippen LogP contribution < -0.4 is 14.2 Å². The van der Waals surface area contributed by atoms with Crippen molar-refractivity contribution in [2.75, 3.05) is 20.3 Å². The van der Waals surface area contributed by atoms with Crippen LogP contribution in [0.3, 0.4) is 0 Å². The van der Waals surface area contributed by atoms with E-state index in [1.807, 2.05) is 31.2 Å².